The molecule has 0 spiro atoms. The van der Waals surface area contributed by atoms with E-state index in [9.17, 15) is 9.18 Å². The largest absolute Gasteiger partial charge is 0.351 e. The van der Waals surface area contributed by atoms with Crippen LogP contribution >= 0.6 is 0 Å². The van der Waals surface area contributed by atoms with Gasteiger partial charge in [0.05, 0.1) is 17.5 Å². The molecule has 6 heteroatoms. The van der Waals surface area contributed by atoms with Gasteiger partial charge >= 0.3 is 0 Å². The van der Waals surface area contributed by atoms with Gasteiger partial charge in [-0.2, -0.15) is 0 Å². The molecule has 3 aromatic carbocycles. The second kappa shape index (κ2) is 8.75. The molecule has 160 valence electrons. The van der Waals surface area contributed by atoms with Gasteiger partial charge in [0.2, 0.25) is 5.91 Å². The van der Waals surface area contributed by atoms with Crippen molar-refractivity contribution in [2.75, 3.05) is 31.1 Å². The first kappa shape index (κ1) is 20.1. The summed E-state index contributed by atoms with van der Waals surface area (Å²) in [6.45, 7) is 2.59. The fourth-order valence-corrected chi connectivity index (χ4v) is 4.06. The lowest BCUT2D eigenvalue weighted by molar-refractivity contribution is -0.130. The van der Waals surface area contributed by atoms with Gasteiger partial charge in [-0.05, 0) is 29.8 Å². The molecule has 5 rings (SSSR count). The minimum absolute atomic E-state index is 0.0594. The molecule has 1 amide bonds. The van der Waals surface area contributed by atoms with Gasteiger partial charge in [-0.25, -0.2) is 14.4 Å². The van der Waals surface area contributed by atoms with E-state index >= 15 is 0 Å². The highest BCUT2D eigenvalue weighted by atomic mass is 19.1. The number of anilines is 1. The maximum Gasteiger partial charge on any atom is 0.227 e. The molecule has 32 heavy (non-hydrogen) atoms. The van der Waals surface area contributed by atoms with E-state index in [2.05, 4.69) is 4.90 Å². The number of benzene rings is 3. The van der Waals surface area contributed by atoms with Crippen molar-refractivity contribution in [3.05, 3.63) is 90.2 Å². The minimum Gasteiger partial charge on any atom is -0.351 e. The number of aromatic nitrogens is 2. The third-order valence-electron chi connectivity index (χ3n) is 5.80. The van der Waals surface area contributed by atoms with Gasteiger partial charge in [0.1, 0.15) is 11.5 Å². The summed E-state index contributed by atoms with van der Waals surface area (Å²) in [6, 6.07) is 24.1. The molecular weight excluding hydrogens is 403 g/mol. The van der Waals surface area contributed by atoms with Crippen LogP contribution in [0.2, 0.25) is 0 Å². The lowest BCUT2D eigenvalue weighted by Crippen LogP contribution is -2.49. The summed E-state index contributed by atoms with van der Waals surface area (Å²) in [6.07, 6.45) is 0.283. The van der Waals surface area contributed by atoms with E-state index in [0.717, 1.165) is 33.7 Å². The quantitative estimate of drug-likeness (QED) is 0.488. The summed E-state index contributed by atoms with van der Waals surface area (Å²) >= 11 is 0. The van der Waals surface area contributed by atoms with E-state index in [-0.39, 0.29) is 18.1 Å². The molecule has 0 N–H and O–H groups in total. The van der Waals surface area contributed by atoms with Crippen LogP contribution in [0.15, 0.2) is 78.9 Å². The minimum atomic E-state index is -0.291. The Morgan fingerprint density at radius 3 is 2.09 bits per heavy atom. The van der Waals surface area contributed by atoms with Gasteiger partial charge in [-0.15, -0.1) is 0 Å². The van der Waals surface area contributed by atoms with Gasteiger partial charge in [-0.1, -0.05) is 54.6 Å². The SMILES string of the molecule is O=C(Cc1ccc(F)cc1)N1CCN(c2nc3ccccc3nc2-c2ccccc2)CC1. The average molecular weight is 426 g/mol. The van der Waals surface area contributed by atoms with E-state index in [1.165, 1.54) is 12.1 Å². The molecule has 0 bridgehead atoms. The number of rotatable bonds is 4. The van der Waals surface area contributed by atoms with Crippen molar-refractivity contribution in [2.45, 2.75) is 6.42 Å². The molecule has 0 unspecified atom stereocenters. The first-order valence-corrected chi connectivity index (χ1v) is 10.8. The van der Waals surface area contributed by atoms with Gasteiger partial charge in [-0.3, -0.25) is 4.79 Å². The second-order valence-corrected chi connectivity index (χ2v) is 7.92. The molecule has 5 nitrogen and oxygen atoms in total. The molecule has 1 aliphatic heterocycles. The number of hydrogen-bond donors (Lipinski definition) is 0. The van der Waals surface area contributed by atoms with Crippen LogP contribution in [0.1, 0.15) is 5.56 Å². The van der Waals surface area contributed by atoms with Gasteiger partial charge < -0.3 is 9.80 Å². The molecule has 1 fully saturated rings. The molecule has 1 aromatic heterocycles. The van der Waals surface area contributed by atoms with Crippen molar-refractivity contribution >= 4 is 22.8 Å². The third-order valence-corrected chi connectivity index (χ3v) is 5.80. The molecule has 2 heterocycles. The van der Waals surface area contributed by atoms with E-state index in [1.807, 2.05) is 59.5 Å². The van der Waals surface area contributed by atoms with Gasteiger partial charge in [0, 0.05) is 31.7 Å². The Morgan fingerprint density at radius 1 is 0.781 bits per heavy atom. The normalized spacial score (nSPS) is 14.0. The van der Waals surface area contributed by atoms with Crippen molar-refractivity contribution < 1.29 is 9.18 Å². The Bertz CT molecular complexity index is 1240. The van der Waals surface area contributed by atoms with Crippen LogP contribution in [0, 0.1) is 5.82 Å². The van der Waals surface area contributed by atoms with Crippen LogP contribution in [-0.2, 0) is 11.2 Å². The smallest absolute Gasteiger partial charge is 0.227 e. The number of carbonyl (C=O) groups excluding carboxylic acids is 1. The highest BCUT2D eigenvalue weighted by molar-refractivity contribution is 5.84. The molecule has 0 saturated carbocycles. The summed E-state index contributed by atoms with van der Waals surface area (Å²) in [5.74, 6) is 0.616. The van der Waals surface area contributed by atoms with Crippen molar-refractivity contribution in [1.82, 2.24) is 14.9 Å². The van der Waals surface area contributed by atoms with Crippen LogP contribution < -0.4 is 4.90 Å². The van der Waals surface area contributed by atoms with E-state index in [4.69, 9.17) is 9.97 Å². The van der Waals surface area contributed by atoms with Crippen LogP contribution in [0.25, 0.3) is 22.3 Å². The van der Waals surface area contributed by atoms with Gasteiger partial charge in [0.15, 0.2) is 5.82 Å². The molecule has 0 aliphatic carbocycles. The maximum absolute atomic E-state index is 13.1. The van der Waals surface area contributed by atoms with Crippen LogP contribution in [-0.4, -0.2) is 47.0 Å². The third kappa shape index (κ3) is 4.17. The number of amides is 1. The predicted octanol–water partition coefficient (Wildman–Crippen LogP) is 4.33. The number of carbonyl (C=O) groups is 1. The van der Waals surface area contributed by atoms with Crippen molar-refractivity contribution in [2.24, 2.45) is 0 Å². The van der Waals surface area contributed by atoms with E-state index in [1.54, 1.807) is 12.1 Å². The topological polar surface area (TPSA) is 49.3 Å². The molecule has 0 atom stereocenters. The Kier molecular flexibility index (Phi) is 5.50. The van der Waals surface area contributed by atoms with Crippen LogP contribution in [0.3, 0.4) is 0 Å². The standard InChI is InChI=1S/C26H23FN4O/c27-21-12-10-19(11-13-21)18-24(32)30-14-16-31(17-15-30)26-25(20-6-2-1-3-7-20)28-22-8-4-5-9-23(22)29-26/h1-13H,14-18H2. The lowest BCUT2D eigenvalue weighted by Gasteiger charge is -2.36. The molecule has 0 radical (unpaired) electrons. The molecule has 4 aromatic rings. The zero-order chi connectivity index (χ0) is 21.9. The van der Waals surface area contributed by atoms with Gasteiger partial charge in [0.25, 0.3) is 0 Å². The Morgan fingerprint density at radius 2 is 1.41 bits per heavy atom. The predicted molar refractivity (Wildman–Crippen MR) is 124 cm³/mol. The Balaban J connectivity index is 1.36. The molecule has 1 aliphatic rings. The zero-order valence-electron chi connectivity index (χ0n) is 17.6. The van der Waals surface area contributed by atoms with Crippen molar-refractivity contribution in [1.29, 1.82) is 0 Å². The monoisotopic (exact) mass is 426 g/mol. The highest BCUT2D eigenvalue weighted by Crippen LogP contribution is 2.30. The average Bonchev–Trinajstić information content (AvgIpc) is 2.85. The summed E-state index contributed by atoms with van der Waals surface area (Å²) in [4.78, 5) is 26.7. The van der Waals surface area contributed by atoms with E-state index < -0.39 is 0 Å². The first-order chi connectivity index (χ1) is 15.7. The fraction of sp³-hybridized carbons (Fsp3) is 0.192. The number of piperazine rings is 1. The summed E-state index contributed by atoms with van der Waals surface area (Å²) < 4.78 is 13.1. The number of fused-ring (bicyclic) bond motifs is 1. The fourth-order valence-electron chi connectivity index (χ4n) is 4.06. The zero-order valence-corrected chi connectivity index (χ0v) is 17.6. The van der Waals surface area contributed by atoms with Crippen LogP contribution in [0.5, 0.6) is 0 Å². The Labute approximate surface area is 186 Å². The lowest BCUT2D eigenvalue weighted by atomic mass is 10.1. The van der Waals surface area contributed by atoms with Crippen LogP contribution in [0.4, 0.5) is 10.2 Å². The molecule has 1 saturated heterocycles. The van der Waals surface area contributed by atoms with Crippen molar-refractivity contribution in [3.63, 3.8) is 0 Å². The number of nitrogens with zero attached hydrogens (tertiary/aromatic N) is 4. The number of para-hydroxylation sites is 2. The summed E-state index contributed by atoms with van der Waals surface area (Å²) in [5, 5.41) is 0. The number of hydrogen-bond acceptors (Lipinski definition) is 4. The highest BCUT2D eigenvalue weighted by Gasteiger charge is 2.25. The van der Waals surface area contributed by atoms with E-state index in [0.29, 0.717) is 26.2 Å². The summed E-state index contributed by atoms with van der Waals surface area (Å²) in [7, 11) is 0. The second-order valence-electron chi connectivity index (χ2n) is 7.92. The first-order valence-electron chi connectivity index (χ1n) is 10.8. The van der Waals surface area contributed by atoms with Crippen molar-refractivity contribution in [3.8, 4) is 11.3 Å². The number of halogens is 1. The Hall–Kier alpha value is -3.80. The summed E-state index contributed by atoms with van der Waals surface area (Å²) in [5.41, 5.74) is 4.43. The maximum atomic E-state index is 13.1. The molecular formula is C26H23FN4O.